The number of amides is 2. The zero-order valence-electron chi connectivity index (χ0n) is 22.6. The number of carbonyl (C=O) groups is 3. The minimum absolute atomic E-state index is 0.00655. The average molecular weight is 548 g/mol. The maximum Gasteiger partial charge on any atom is 0.248 e. The maximum atomic E-state index is 13.9. The number of aromatic hydroxyl groups is 1. The van der Waals surface area contributed by atoms with Crippen LogP contribution in [0.4, 0.5) is 0 Å². The number of allylic oxidation sites excluding steroid dienone is 1. The number of carbonyl (C=O) groups excluding carboxylic acids is 3. The van der Waals surface area contributed by atoms with Gasteiger partial charge in [-0.3, -0.25) is 19.3 Å². The Bertz CT molecular complexity index is 1490. The topological polar surface area (TPSA) is 173 Å². The largest absolute Gasteiger partial charge is 0.510 e. The summed E-state index contributed by atoms with van der Waals surface area (Å²) in [5.41, 5.74) is 6.46. The van der Waals surface area contributed by atoms with E-state index in [0.717, 1.165) is 16.7 Å². The van der Waals surface area contributed by atoms with Gasteiger partial charge in [-0.15, -0.1) is 0 Å². The molecule has 0 saturated heterocycles. The van der Waals surface area contributed by atoms with Gasteiger partial charge in [-0.2, -0.15) is 0 Å². The van der Waals surface area contributed by atoms with Gasteiger partial charge < -0.3 is 31.5 Å². The summed E-state index contributed by atoms with van der Waals surface area (Å²) in [7, 11) is 3.38. The maximum absolute atomic E-state index is 13.9. The third kappa shape index (κ3) is 4.24. The van der Waals surface area contributed by atoms with E-state index in [9.17, 15) is 34.8 Å². The summed E-state index contributed by atoms with van der Waals surface area (Å²) in [6.07, 6.45) is 0.116. The molecule has 0 bridgehead atoms. The highest BCUT2D eigenvalue weighted by atomic mass is 16.3. The number of Topliss-reactive ketones (excluding diaryl/α,β-unsaturated/α-hetero) is 1. The number of primary amides is 1. The molecule has 10 heteroatoms. The molecule has 0 aliphatic heterocycles. The second kappa shape index (κ2) is 9.79. The number of nitrogens with one attached hydrogen (secondary N) is 1. The van der Waals surface area contributed by atoms with Crippen LogP contribution >= 0.6 is 0 Å². The van der Waals surface area contributed by atoms with Crippen LogP contribution in [0.1, 0.15) is 41.3 Å². The third-order valence-electron chi connectivity index (χ3n) is 8.52. The Morgan fingerprint density at radius 1 is 1.10 bits per heavy atom. The van der Waals surface area contributed by atoms with E-state index >= 15 is 0 Å². The highest BCUT2D eigenvalue weighted by Gasteiger charge is 2.58. The fourth-order valence-electron chi connectivity index (χ4n) is 6.63. The van der Waals surface area contributed by atoms with Gasteiger partial charge in [0.05, 0.1) is 17.2 Å². The number of aliphatic hydroxyl groups is 3. The SMILES string of the molecule is CC(=O)NCc1ccc(-c2ccc(O)c3c2CC2CC4C(N(C)C)C(O)=C(C(N)=O)CC4(O)C(O)=C2C3=O)cc1. The molecule has 210 valence electrons. The molecule has 4 unspecified atom stereocenters. The second-order valence-electron chi connectivity index (χ2n) is 11.2. The lowest BCUT2D eigenvalue weighted by Crippen LogP contribution is -2.59. The molecule has 5 rings (SSSR count). The molecule has 2 aromatic rings. The van der Waals surface area contributed by atoms with E-state index in [4.69, 9.17) is 5.73 Å². The summed E-state index contributed by atoms with van der Waals surface area (Å²) in [5.74, 6) is -3.90. The van der Waals surface area contributed by atoms with Crippen molar-refractivity contribution < 1.29 is 34.8 Å². The van der Waals surface area contributed by atoms with Crippen molar-refractivity contribution in [3.8, 4) is 16.9 Å². The van der Waals surface area contributed by atoms with Crippen LogP contribution in [0.3, 0.4) is 0 Å². The lowest BCUT2D eigenvalue weighted by molar-refractivity contribution is -0.119. The Morgan fingerprint density at radius 2 is 1.77 bits per heavy atom. The Hall–Kier alpha value is -4.15. The molecule has 40 heavy (non-hydrogen) atoms. The number of hydrogen-bond acceptors (Lipinski definition) is 8. The number of likely N-dealkylation sites (N-methyl/N-ethyl adjacent to an activating group) is 1. The van der Waals surface area contributed by atoms with E-state index < -0.39 is 47.3 Å². The Labute approximate surface area is 231 Å². The number of nitrogens with two attached hydrogens (primary N) is 1. The number of phenolic OH excluding ortho intramolecular Hbond substituents is 1. The summed E-state index contributed by atoms with van der Waals surface area (Å²) >= 11 is 0. The molecule has 3 aliphatic carbocycles. The number of phenols is 1. The number of benzene rings is 2. The summed E-state index contributed by atoms with van der Waals surface area (Å²) in [6, 6.07) is 9.88. The van der Waals surface area contributed by atoms with E-state index in [2.05, 4.69) is 5.32 Å². The average Bonchev–Trinajstić information content (AvgIpc) is 2.88. The third-order valence-corrected chi connectivity index (χ3v) is 8.52. The van der Waals surface area contributed by atoms with Crippen LogP contribution in [-0.4, -0.2) is 68.7 Å². The standard InChI is InChI=1S/C30H33N3O7/c1-14(34)32-13-15-4-6-16(7-5-15)18-8-9-22(35)24-19(18)10-17-11-21-25(33(2)3)26(36)20(29(31)39)12-30(21,40)28(38)23(17)27(24)37/h4-9,17,21,25,35-36,38,40H,10-13H2,1-3H3,(H2,31,39)(H,32,34). The summed E-state index contributed by atoms with van der Waals surface area (Å²) in [4.78, 5) is 38.9. The quantitative estimate of drug-likeness (QED) is 0.331. The van der Waals surface area contributed by atoms with Crippen molar-refractivity contribution in [3.63, 3.8) is 0 Å². The van der Waals surface area contributed by atoms with Crippen molar-refractivity contribution in [1.29, 1.82) is 0 Å². The van der Waals surface area contributed by atoms with Gasteiger partial charge in [0.1, 0.15) is 22.9 Å². The monoisotopic (exact) mass is 547 g/mol. The number of aliphatic hydroxyl groups excluding tert-OH is 2. The Kier molecular flexibility index (Phi) is 6.71. The first-order valence-electron chi connectivity index (χ1n) is 13.1. The second-order valence-corrected chi connectivity index (χ2v) is 11.2. The molecular formula is C30H33N3O7. The highest BCUT2D eigenvalue weighted by molar-refractivity contribution is 6.14. The molecule has 3 aliphatic rings. The molecule has 0 aromatic heterocycles. The molecule has 2 amide bonds. The smallest absolute Gasteiger partial charge is 0.248 e. The molecule has 0 spiro atoms. The van der Waals surface area contributed by atoms with Gasteiger partial charge in [-0.25, -0.2) is 0 Å². The summed E-state index contributed by atoms with van der Waals surface area (Å²) in [6.45, 7) is 1.83. The van der Waals surface area contributed by atoms with Gasteiger partial charge in [0.15, 0.2) is 5.78 Å². The summed E-state index contributed by atoms with van der Waals surface area (Å²) < 4.78 is 0. The number of nitrogens with zero attached hydrogens (tertiary/aromatic N) is 1. The fraction of sp³-hybridized carbons (Fsp3) is 0.367. The molecule has 0 heterocycles. The minimum Gasteiger partial charge on any atom is -0.510 e. The Balaban J connectivity index is 1.60. The zero-order valence-corrected chi connectivity index (χ0v) is 22.6. The zero-order chi connectivity index (χ0) is 29.1. The lowest BCUT2D eigenvalue weighted by atomic mass is 9.59. The van der Waals surface area contributed by atoms with Crippen LogP contribution in [-0.2, 0) is 22.6 Å². The lowest BCUT2D eigenvalue weighted by Gasteiger charge is -2.51. The van der Waals surface area contributed by atoms with Gasteiger partial charge >= 0.3 is 0 Å². The Morgan fingerprint density at radius 3 is 2.38 bits per heavy atom. The van der Waals surface area contributed by atoms with Crippen molar-refractivity contribution in [2.45, 2.75) is 44.4 Å². The van der Waals surface area contributed by atoms with Crippen LogP contribution in [0.15, 0.2) is 59.1 Å². The van der Waals surface area contributed by atoms with Crippen LogP contribution < -0.4 is 11.1 Å². The fourth-order valence-corrected chi connectivity index (χ4v) is 6.63. The van der Waals surface area contributed by atoms with E-state index in [-0.39, 0.29) is 40.5 Å². The molecular weight excluding hydrogens is 514 g/mol. The number of rotatable bonds is 5. The number of ketones is 1. The molecule has 7 N–H and O–H groups in total. The van der Waals surface area contributed by atoms with Crippen molar-refractivity contribution in [3.05, 3.63) is 75.8 Å². The molecule has 2 aromatic carbocycles. The predicted octanol–water partition coefficient (Wildman–Crippen LogP) is 2.24. The molecule has 0 fully saturated rings. The van der Waals surface area contributed by atoms with Gasteiger partial charge in [0.2, 0.25) is 11.8 Å². The van der Waals surface area contributed by atoms with E-state index in [1.807, 2.05) is 24.3 Å². The first-order valence-corrected chi connectivity index (χ1v) is 13.1. The van der Waals surface area contributed by atoms with Crippen LogP contribution in [0.5, 0.6) is 5.75 Å². The van der Waals surface area contributed by atoms with Gasteiger partial charge in [0.25, 0.3) is 0 Å². The summed E-state index contributed by atoms with van der Waals surface area (Å²) in [5, 5.41) is 47.7. The van der Waals surface area contributed by atoms with Gasteiger partial charge in [0, 0.05) is 31.4 Å². The van der Waals surface area contributed by atoms with Crippen molar-refractivity contribution >= 4 is 17.6 Å². The van der Waals surface area contributed by atoms with Crippen LogP contribution in [0.2, 0.25) is 0 Å². The van der Waals surface area contributed by atoms with E-state index in [1.165, 1.54) is 13.0 Å². The molecule has 10 nitrogen and oxygen atoms in total. The van der Waals surface area contributed by atoms with Crippen molar-refractivity contribution in [2.75, 3.05) is 14.1 Å². The molecule has 0 saturated carbocycles. The van der Waals surface area contributed by atoms with Crippen LogP contribution in [0, 0.1) is 11.8 Å². The number of fused-ring (bicyclic) bond motifs is 3. The molecule has 4 atom stereocenters. The first kappa shape index (κ1) is 27.4. The minimum atomic E-state index is -2.00. The van der Waals surface area contributed by atoms with Gasteiger partial charge in [-0.05, 0) is 61.2 Å². The highest BCUT2D eigenvalue weighted by Crippen LogP contribution is 2.54. The van der Waals surface area contributed by atoms with E-state index in [0.29, 0.717) is 18.5 Å². The first-order chi connectivity index (χ1) is 18.8. The normalized spacial score (nSPS) is 25.8. The number of hydrogen-bond donors (Lipinski definition) is 6. The van der Waals surface area contributed by atoms with Crippen LogP contribution in [0.25, 0.3) is 11.1 Å². The predicted molar refractivity (Wildman–Crippen MR) is 146 cm³/mol. The van der Waals surface area contributed by atoms with E-state index in [1.54, 1.807) is 25.1 Å². The van der Waals surface area contributed by atoms with Gasteiger partial charge in [-0.1, -0.05) is 30.3 Å². The molecule has 0 radical (unpaired) electrons. The van der Waals surface area contributed by atoms with Crippen molar-refractivity contribution in [2.24, 2.45) is 17.6 Å². The van der Waals surface area contributed by atoms with Crippen molar-refractivity contribution in [1.82, 2.24) is 10.2 Å².